The Hall–Kier alpha value is 0.886. The fraction of sp³-hybridized carbons (Fsp3) is 0. The molecule has 11 heavy (non-hydrogen) atoms. The van der Waals surface area contributed by atoms with Crippen LogP contribution in [0.1, 0.15) is 0 Å². The summed E-state index contributed by atoms with van der Waals surface area (Å²) in [6.07, 6.45) is -2.33. The van der Waals surface area contributed by atoms with E-state index in [2.05, 4.69) is 0 Å². The zero-order valence-electron chi connectivity index (χ0n) is 5.22. The van der Waals surface area contributed by atoms with E-state index in [9.17, 15) is 0 Å². The van der Waals surface area contributed by atoms with Crippen LogP contribution in [0.5, 0.6) is 0 Å². The maximum Gasteiger partial charge on any atom is 2.00 e. The van der Waals surface area contributed by atoms with Crippen LogP contribution in [0.2, 0.25) is 0 Å². The summed E-state index contributed by atoms with van der Waals surface area (Å²) in [5, 5.41) is 16.7. The van der Waals surface area contributed by atoms with Gasteiger partial charge in [0.2, 0.25) is 0 Å². The van der Waals surface area contributed by atoms with Crippen molar-refractivity contribution in [2.45, 2.75) is 0 Å². The molecule has 0 heterocycles. The molecule has 63 valence electrons. The summed E-state index contributed by atoms with van der Waals surface area (Å²) in [4.78, 5) is 31.3. The number of hydrogen-bond donors (Lipinski definition) is 2. The maximum absolute atomic E-state index is 8.77. The van der Waals surface area contributed by atoms with Crippen LogP contribution < -0.4 is 44.7 Å². The molecule has 0 saturated heterocycles. The normalized spacial score (nSPS) is 7.55. The number of phosphoric acid groups is 1. The van der Waals surface area contributed by atoms with Crippen molar-refractivity contribution >= 4 is 14.0 Å². The molecule has 10 heteroatoms. The predicted molar refractivity (Wildman–Crippen MR) is 17.4 cm³/mol. The quantitative estimate of drug-likeness (QED) is 0.315. The average molecular weight is 239 g/mol. The Morgan fingerprint density at radius 3 is 1.27 bits per heavy atom. The fourth-order valence-corrected chi connectivity index (χ4v) is 0. The molecule has 0 saturated carbocycles. The molecule has 0 rings (SSSR count). The van der Waals surface area contributed by atoms with Crippen LogP contribution in [0.25, 0.3) is 0 Å². The molecule has 7 nitrogen and oxygen atoms in total. The van der Waals surface area contributed by atoms with Gasteiger partial charge in [-0.05, 0) is 6.16 Å². The van der Waals surface area contributed by atoms with Crippen LogP contribution in [-0.2, 0) is 21.3 Å². The standard InChI is InChI=1S/CH2O3.Co.Na.H3O4P/c2-1(3)4;;;1-5(2,3)4/h(H2,2,3,4);;;(H3,1,2,3,4)/q;+2;+1;/p-3. The van der Waals surface area contributed by atoms with E-state index in [-0.39, 0.29) is 46.3 Å². The molecular weight excluding hydrogens is 237 g/mol. The van der Waals surface area contributed by atoms with Crippen molar-refractivity contribution in [2.24, 2.45) is 0 Å². The summed E-state index contributed by atoms with van der Waals surface area (Å²) < 4.78 is 8.77. The van der Waals surface area contributed by atoms with Gasteiger partial charge in [0.15, 0.2) is 0 Å². The van der Waals surface area contributed by atoms with Crippen molar-refractivity contribution in [3.8, 4) is 0 Å². The molecule has 2 N–H and O–H groups in total. The summed E-state index contributed by atoms with van der Waals surface area (Å²) in [6, 6.07) is 0. The van der Waals surface area contributed by atoms with E-state index in [1.165, 1.54) is 0 Å². The second-order valence-corrected chi connectivity index (χ2v) is 1.72. The minimum absolute atomic E-state index is 0. The number of rotatable bonds is 0. The first kappa shape index (κ1) is 22.6. The van der Waals surface area contributed by atoms with E-state index in [1.807, 2.05) is 0 Å². The van der Waals surface area contributed by atoms with Gasteiger partial charge < -0.3 is 29.7 Å². The Morgan fingerprint density at radius 1 is 1.27 bits per heavy atom. The number of carbonyl (C=O) groups is 1. The Kier molecular flexibility index (Phi) is 22.4. The predicted octanol–water partition coefficient (Wildman–Crippen LogP) is -7.01. The summed E-state index contributed by atoms with van der Waals surface area (Å²) in [6.45, 7) is 0. The molecule has 0 amide bonds. The van der Waals surface area contributed by atoms with Crippen molar-refractivity contribution in [3.05, 3.63) is 0 Å². The Bertz CT molecular complexity index is 118. The molecule has 0 aliphatic carbocycles. The van der Waals surface area contributed by atoms with Crippen LogP contribution in [0.4, 0.5) is 4.79 Å². The minimum atomic E-state index is -4.89. The zero-order chi connectivity index (χ0) is 8.08. The molecule has 1 radical (unpaired) electrons. The van der Waals surface area contributed by atoms with E-state index >= 15 is 0 Å². The first-order valence-corrected chi connectivity index (χ1v) is 2.91. The molecule has 0 spiro atoms. The van der Waals surface area contributed by atoms with Crippen LogP contribution in [0, 0.1) is 0 Å². The van der Waals surface area contributed by atoms with E-state index < -0.39 is 14.0 Å². The van der Waals surface area contributed by atoms with Gasteiger partial charge >= 0.3 is 46.3 Å². The molecule has 0 unspecified atom stereocenters. The molecule has 0 aromatic heterocycles. The van der Waals surface area contributed by atoms with E-state index in [1.54, 1.807) is 0 Å². The molecule has 0 aliphatic heterocycles. The first-order chi connectivity index (χ1) is 3.73. The molecule has 0 aromatic carbocycles. The monoisotopic (exact) mass is 239 g/mol. The van der Waals surface area contributed by atoms with E-state index in [0.717, 1.165) is 0 Å². The van der Waals surface area contributed by atoms with Gasteiger partial charge in [-0.15, -0.1) is 0 Å². The van der Waals surface area contributed by atoms with Gasteiger partial charge in [0.25, 0.3) is 7.82 Å². The minimum Gasteiger partial charge on any atom is -0.756 e. The fourth-order valence-electron chi connectivity index (χ4n) is 0. The second kappa shape index (κ2) is 10.9. The molecular formula is CH2CoNaO7P. The Morgan fingerprint density at radius 2 is 1.27 bits per heavy atom. The van der Waals surface area contributed by atoms with Gasteiger partial charge in [0, 0.05) is 0 Å². The van der Waals surface area contributed by atoms with Crippen LogP contribution in [-0.4, -0.2) is 15.9 Å². The second-order valence-electron chi connectivity index (χ2n) is 0.741. The number of carbonyl (C=O) groups excluding carboxylic acids is 1. The van der Waals surface area contributed by atoms with E-state index in [4.69, 9.17) is 34.3 Å². The topological polar surface area (TPSA) is 144 Å². The van der Waals surface area contributed by atoms with Crippen LogP contribution >= 0.6 is 7.82 Å². The van der Waals surface area contributed by atoms with E-state index in [0.29, 0.717) is 0 Å². The van der Waals surface area contributed by atoms with Crippen molar-refractivity contribution in [3.63, 3.8) is 0 Å². The third-order valence-corrected chi connectivity index (χ3v) is 0. The Balaban J connectivity index is -0.0000000383. The summed E-state index contributed by atoms with van der Waals surface area (Å²) >= 11 is 0. The van der Waals surface area contributed by atoms with Crippen LogP contribution in [0.3, 0.4) is 0 Å². The van der Waals surface area contributed by atoms with Gasteiger partial charge in [-0.2, -0.15) is 0 Å². The summed E-state index contributed by atoms with van der Waals surface area (Å²) in [5.41, 5.74) is 0. The van der Waals surface area contributed by atoms with Crippen molar-refractivity contribution in [1.82, 2.24) is 0 Å². The average Bonchev–Trinajstić information content (AvgIpc) is 1.19. The molecule has 0 fully saturated rings. The third kappa shape index (κ3) is 1090. The number of hydrogen-bond acceptors (Lipinski definition) is 5. The number of carboxylic acid groups (broad SMARTS) is 2. The molecule has 0 aliphatic rings. The van der Waals surface area contributed by atoms with Gasteiger partial charge in [-0.25, -0.2) is 0 Å². The van der Waals surface area contributed by atoms with Crippen LogP contribution in [0.15, 0.2) is 0 Å². The molecule has 0 aromatic rings. The Labute approximate surface area is 94.2 Å². The van der Waals surface area contributed by atoms with Gasteiger partial charge in [-0.1, -0.05) is 0 Å². The van der Waals surface area contributed by atoms with Gasteiger partial charge in [0.1, 0.15) is 0 Å². The third-order valence-electron chi connectivity index (χ3n) is 0. The smallest absolute Gasteiger partial charge is 0.756 e. The largest absolute Gasteiger partial charge is 2.00 e. The van der Waals surface area contributed by atoms with Crippen molar-refractivity contribution < 1.29 is 80.6 Å². The first-order valence-electron chi connectivity index (χ1n) is 1.38. The zero-order valence-corrected chi connectivity index (χ0v) is 9.15. The summed E-state index contributed by atoms with van der Waals surface area (Å²) in [7, 11) is -4.89. The SMILES string of the molecule is O=C([O-])[O-].O=P([O-])(O)O.[Co+2].[Na+]. The molecule has 0 atom stereocenters. The van der Waals surface area contributed by atoms with Crippen molar-refractivity contribution in [1.29, 1.82) is 0 Å². The van der Waals surface area contributed by atoms with Gasteiger partial charge in [0.05, 0.1) is 0 Å². The molecule has 0 bridgehead atoms. The van der Waals surface area contributed by atoms with Crippen molar-refractivity contribution in [2.75, 3.05) is 0 Å². The maximum atomic E-state index is 8.77. The van der Waals surface area contributed by atoms with Gasteiger partial charge in [-0.3, -0.25) is 4.57 Å². The summed E-state index contributed by atoms with van der Waals surface area (Å²) in [5.74, 6) is 0.